The SMILES string of the molecule is C[C@@H]1CN(c2nc(S(=O)(=O)N3CC[C@@H](NCc4ccc(Cl)cc4Cl)C3)ccc2C(N)=O)C(C)(C)C1. The van der Waals surface area contributed by atoms with Crippen molar-refractivity contribution in [3.8, 4) is 0 Å². The van der Waals surface area contributed by atoms with Crippen LogP contribution in [0, 0.1) is 5.92 Å². The number of amides is 1. The maximum absolute atomic E-state index is 13.5. The van der Waals surface area contributed by atoms with E-state index in [2.05, 4.69) is 31.1 Å². The molecular formula is C24H31Cl2N5O3S. The number of primary amides is 1. The summed E-state index contributed by atoms with van der Waals surface area (Å²) < 4.78 is 28.4. The van der Waals surface area contributed by atoms with E-state index in [-0.39, 0.29) is 22.2 Å². The lowest BCUT2D eigenvalue weighted by Gasteiger charge is -2.34. The first kappa shape index (κ1) is 26.2. The fourth-order valence-electron chi connectivity index (χ4n) is 5.10. The summed E-state index contributed by atoms with van der Waals surface area (Å²) in [6.07, 6.45) is 1.56. The number of hydrogen-bond acceptors (Lipinski definition) is 6. The van der Waals surface area contributed by atoms with Gasteiger partial charge in [0.25, 0.3) is 15.9 Å². The number of anilines is 1. The minimum Gasteiger partial charge on any atom is -0.365 e. The molecule has 0 unspecified atom stereocenters. The summed E-state index contributed by atoms with van der Waals surface area (Å²) >= 11 is 12.2. The van der Waals surface area contributed by atoms with Gasteiger partial charge in [0, 0.05) is 47.8 Å². The molecular weight excluding hydrogens is 509 g/mol. The van der Waals surface area contributed by atoms with Crippen LogP contribution < -0.4 is 16.0 Å². The smallest absolute Gasteiger partial charge is 0.260 e. The number of pyridine rings is 1. The third-order valence-electron chi connectivity index (χ3n) is 6.80. The van der Waals surface area contributed by atoms with E-state index >= 15 is 0 Å². The van der Waals surface area contributed by atoms with Crippen molar-refractivity contribution < 1.29 is 13.2 Å². The van der Waals surface area contributed by atoms with Crippen LogP contribution in [0.1, 0.15) is 49.5 Å². The van der Waals surface area contributed by atoms with Gasteiger partial charge in [-0.15, -0.1) is 0 Å². The molecule has 3 N–H and O–H groups in total. The Labute approximate surface area is 216 Å². The number of nitrogens with two attached hydrogens (primary N) is 1. The van der Waals surface area contributed by atoms with Crippen molar-refractivity contribution in [2.45, 2.75) is 56.8 Å². The zero-order valence-corrected chi connectivity index (χ0v) is 22.4. The molecule has 8 nitrogen and oxygen atoms in total. The number of sulfonamides is 1. The highest BCUT2D eigenvalue weighted by Gasteiger charge is 2.40. The van der Waals surface area contributed by atoms with Gasteiger partial charge in [-0.25, -0.2) is 13.4 Å². The molecule has 35 heavy (non-hydrogen) atoms. The van der Waals surface area contributed by atoms with Gasteiger partial charge in [-0.05, 0) is 62.4 Å². The highest BCUT2D eigenvalue weighted by Crippen LogP contribution is 2.38. The second kappa shape index (κ2) is 9.86. The molecule has 0 spiro atoms. The molecule has 2 aliphatic rings. The lowest BCUT2D eigenvalue weighted by atomic mass is 9.97. The number of carbonyl (C=O) groups is 1. The van der Waals surface area contributed by atoms with Crippen molar-refractivity contribution in [1.82, 2.24) is 14.6 Å². The topological polar surface area (TPSA) is 109 Å². The van der Waals surface area contributed by atoms with Gasteiger partial charge in [0.15, 0.2) is 5.03 Å². The van der Waals surface area contributed by atoms with E-state index in [4.69, 9.17) is 28.9 Å². The monoisotopic (exact) mass is 539 g/mol. The highest BCUT2D eigenvalue weighted by atomic mass is 35.5. The Morgan fingerprint density at radius 2 is 1.97 bits per heavy atom. The highest BCUT2D eigenvalue weighted by molar-refractivity contribution is 7.89. The van der Waals surface area contributed by atoms with Crippen molar-refractivity contribution in [3.63, 3.8) is 0 Å². The molecule has 2 aromatic rings. The Balaban J connectivity index is 1.53. The molecule has 2 fully saturated rings. The fraction of sp³-hybridized carbons (Fsp3) is 0.500. The number of aromatic nitrogens is 1. The van der Waals surface area contributed by atoms with Crippen LogP contribution in [0.5, 0.6) is 0 Å². The number of nitrogens with one attached hydrogen (secondary N) is 1. The number of halogens is 2. The van der Waals surface area contributed by atoms with Gasteiger partial charge in [-0.1, -0.05) is 36.2 Å². The number of benzene rings is 1. The molecule has 190 valence electrons. The Bertz CT molecular complexity index is 1240. The third kappa shape index (κ3) is 5.44. The largest absolute Gasteiger partial charge is 0.365 e. The molecule has 2 aliphatic heterocycles. The van der Waals surface area contributed by atoms with Crippen molar-refractivity contribution in [1.29, 1.82) is 0 Å². The molecule has 0 bridgehead atoms. The lowest BCUT2D eigenvalue weighted by Crippen LogP contribution is -2.40. The third-order valence-corrected chi connectivity index (χ3v) is 9.15. The molecule has 0 aliphatic carbocycles. The number of hydrogen-bond donors (Lipinski definition) is 2. The molecule has 0 saturated carbocycles. The van der Waals surface area contributed by atoms with Gasteiger partial charge >= 0.3 is 0 Å². The van der Waals surface area contributed by atoms with Crippen LogP contribution in [-0.2, 0) is 16.6 Å². The van der Waals surface area contributed by atoms with Crippen LogP contribution in [0.2, 0.25) is 10.0 Å². The van der Waals surface area contributed by atoms with E-state index in [1.807, 2.05) is 11.0 Å². The summed E-state index contributed by atoms with van der Waals surface area (Å²) in [6.45, 7) is 8.12. The van der Waals surface area contributed by atoms with Crippen LogP contribution in [0.4, 0.5) is 5.82 Å². The molecule has 3 heterocycles. The van der Waals surface area contributed by atoms with Gasteiger partial charge in [0.05, 0.1) is 5.56 Å². The van der Waals surface area contributed by atoms with Crippen LogP contribution in [-0.4, -0.2) is 54.8 Å². The minimum absolute atomic E-state index is 0.0285. The van der Waals surface area contributed by atoms with Gasteiger partial charge < -0.3 is 16.0 Å². The molecule has 4 rings (SSSR count). The Kier molecular flexibility index (Phi) is 7.37. The predicted molar refractivity (Wildman–Crippen MR) is 138 cm³/mol. The zero-order chi connectivity index (χ0) is 25.5. The molecule has 0 radical (unpaired) electrons. The zero-order valence-electron chi connectivity index (χ0n) is 20.1. The quantitative estimate of drug-likeness (QED) is 0.555. The number of carbonyl (C=O) groups excluding carboxylic acids is 1. The van der Waals surface area contributed by atoms with E-state index in [1.54, 1.807) is 12.1 Å². The summed E-state index contributed by atoms with van der Waals surface area (Å²) in [4.78, 5) is 18.6. The Morgan fingerprint density at radius 3 is 2.60 bits per heavy atom. The van der Waals surface area contributed by atoms with E-state index in [0.29, 0.717) is 54.4 Å². The first-order valence-corrected chi connectivity index (χ1v) is 13.8. The van der Waals surface area contributed by atoms with Gasteiger partial charge in [0.2, 0.25) is 0 Å². The fourth-order valence-corrected chi connectivity index (χ4v) is 7.00. The molecule has 1 aromatic heterocycles. The first-order chi connectivity index (χ1) is 16.4. The minimum atomic E-state index is -3.85. The van der Waals surface area contributed by atoms with E-state index < -0.39 is 15.9 Å². The van der Waals surface area contributed by atoms with Crippen molar-refractivity contribution >= 4 is 45.0 Å². The summed E-state index contributed by atoms with van der Waals surface area (Å²) in [5, 5.41) is 4.44. The van der Waals surface area contributed by atoms with Gasteiger partial charge in [-0.2, -0.15) is 4.31 Å². The Hall–Kier alpha value is -1.91. The normalized spacial score (nSPS) is 22.6. The number of nitrogens with zero attached hydrogens (tertiary/aromatic N) is 3. The average molecular weight is 541 g/mol. The second-order valence-corrected chi connectivity index (χ2v) is 12.8. The Morgan fingerprint density at radius 1 is 1.23 bits per heavy atom. The molecule has 2 saturated heterocycles. The standard InChI is InChI=1S/C24H31Cl2N5O3S/c1-15-11-24(2,3)31(13-15)23-19(22(27)32)6-7-21(29-23)35(33,34)30-9-8-18(14-30)28-12-16-4-5-17(25)10-20(16)26/h4-7,10,15,18,28H,8-9,11-14H2,1-3H3,(H2,27,32)/t15-,18+/m0/s1. The van der Waals surface area contributed by atoms with Crippen LogP contribution >= 0.6 is 23.2 Å². The van der Waals surface area contributed by atoms with E-state index in [0.717, 1.165) is 12.0 Å². The molecule has 2 atom stereocenters. The van der Waals surface area contributed by atoms with Crippen molar-refractivity contribution in [2.24, 2.45) is 11.7 Å². The van der Waals surface area contributed by atoms with E-state index in [1.165, 1.54) is 16.4 Å². The lowest BCUT2D eigenvalue weighted by molar-refractivity contribution is 0.1000. The summed E-state index contributed by atoms with van der Waals surface area (Å²) in [5.41, 5.74) is 6.47. The van der Waals surface area contributed by atoms with E-state index in [9.17, 15) is 13.2 Å². The maximum atomic E-state index is 13.5. The predicted octanol–water partition coefficient (Wildman–Crippen LogP) is 3.66. The maximum Gasteiger partial charge on any atom is 0.260 e. The van der Waals surface area contributed by atoms with Crippen molar-refractivity contribution in [3.05, 3.63) is 51.5 Å². The summed E-state index contributed by atoms with van der Waals surface area (Å²) in [5.74, 6) is 0.0876. The summed E-state index contributed by atoms with van der Waals surface area (Å²) in [7, 11) is -3.85. The molecule has 1 amide bonds. The van der Waals surface area contributed by atoms with Crippen LogP contribution in [0.15, 0.2) is 35.4 Å². The second-order valence-electron chi connectivity index (χ2n) is 10.1. The molecule has 1 aromatic carbocycles. The summed E-state index contributed by atoms with van der Waals surface area (Å²) in [6, 6.07) is 8.14. The van der Waals surface area contributed by atoms with Crippen LogP contribution in [0.25, 0.3) is 0 Å². The average Bonchev–Trinajstić information content (AvgIpc) is 3.36. The van der Waals surface area contributed by atoms with Crippen LogP contribution in [0.3, 0.4) is 0 Å². The van der Waals surface area contributed by atoms with Gasteiger partial charge in [0.1, 0.15) is 5.82 Å². The van der Waals surface area contributed by atoms with Gasteiger partial charge in [-0.3, -0.25) is 4.79 Å². The molecule has 11 heteroatoms. The number of rotatable bonds is 7. The first-order valence-electron chi connectivity index (χ1n) is 11.6. The van der Waals surface area contributed by atoms with Crippen molar-refractivity contribution in [2.75, 3.05) is 24.5 Å².